The first-order valence-electron chi connectivity index (χ1n) is 6.70. The monoisotopic (exact) mass is 299 g/mol. The lowest BCUT2D eigenvalue weighted by molar-refractivity contribution is 0.114. The van der Waals surface area contributed by atoms with Crippen molar-refractivity contribution < 1.29 is 17.9 Å². The maximum absolute atomic E-state index is 12.4. The number of aryl methyl sites for hydroxylation is 2. The van der Waals surface area contributed by atoms with Crippen LogP contribution in [0.15, 0.2) is 17.0 Å². The lowest BCUT2D eigenvalue weighted by atomic mass is 10.1. The minimum absolute atomic E-state index is 0.00979. The minimum Gasteiger partial charge on any atom is -0.496 e. The Labute approximate surface area is 120 Å². The van der Waals surface area contributed by atoms with Gasteiger partial charge in [0.15, 0.2) is 0 Å². The van der Waals surface area contributed by atoms with Crippen molar-refractivity contribution in [2.45, 2.75) is 37.7 Å². The largest absolute Gasteiger partial charge is 0.496 e. The van der Waals surface area contributed by atoms with E-state index in [4.69, 9.17) is 9.47 Å². The second-order valence-electron chi connectivity index (χ2n) is 5.07. The first kappa shape index (κ1) is 15.3. The maximum atomic E-state index is 12.4. The Morgan fingerprint density at radius 1 is 1.35 bits per heavy atom. The molecular formula is C14H21NO4S. The van der Waals surface area contributed by atoms with E-state index in [1.54, 1.807) is 26.2 Å². The molecule has 0 radical (unpaired) electrons. The summed E-state index contributed by atoms with van der Waals surface area (Å²) in [5.74, 6) is 0.695. The van der Waals surface area contributed by atoms with Crippen molar-refractivity contribution in [3.8, 4) is 5.75 Å². The van der Waals surface area contributed by atoms with Gasteiger partial charge in [-0.2, -0.15) is 0 Å². The average molecular weight is 299 g/mol. The summed E-state index contributed by atoms with van der Waals surface area (Å²) in [5, 5.41) is 0. The van der Waals surface area contributed by atoms with Crippen LogP contribution in [0.5, 0.6) is 5.75 Å². The van der Waals surface area contributed by atoms with E-state index in [2.05, 4.69) is 4.72 Å². The topological polar surface area (TPSA) is 64.6 Å². The Morgan fingerprint density at radius 3 is 2.70 bits per heavy atom. The zero-order chi connectivity index (χ0) is 14.8. The summed E-state index contributed by atoms with van der Waals surface area (Å²) in [4.78, 5) is 0.300. The summed E-state index contributed by atoms with van der Waals surface area (Å²) in [6, 6.07) is 3.39. The quantitative estimate of drug-likeness (QED) is 0.900. The van der Waals surface area contributed by atoms with Crippen LogP contribution in [0.3, 0.4) is 0 Å². The fraction of sp³-hybridized carbons (Fsp3) is 0.571. The van der Waals surface area contributed by atoms with E-state index < -0.39 is 10.0 Å². The molecule has 1 heterocycles. The van der Waals surface area contributed by atoms with Crippen molar-refractivity contribution in [1.29, 1.82) is 0 Å². The van der Waals surface area contributed by atoms with E-state index in [-0.39, 0.29) is 6.10 Å². The molecule has 5 nitrogen and oxygen atoms in total. The molecule has 0 aliphatic carbocycles. The normalized spacial score (nSPS) is 19.2. The second kappa shape index (κ2) is 6.11. The van der Waals surface area contributed by atoms with E-state index in [0.29, 0.717) is 29.4 Å². The van der Waals surface area contributed by atoms with E-state index in [0.717, 1.165) is 18.4 Å². The highest BCUT2D eigenvalue weighted by Gasteiger charge is 2.22. The minimum atomic E-state index is -3.51. The molecule has 1 aliphatic heterocycles. The summed E-state index contributed by atoms with van der Waals surface area (Å²) >= 11 is 0. The zero-order valence-electron chi connectivity index (χ0n) is 12.1. The molecule has 0 bridgehead atoms. The number of hydrogen-bond donors (Lipinski definition) is 1. The highest BCUT2D eigenvalue weighted by Crippen LogP contribution is 2.25. The van der Waals surface area contributed by atoms with Crippen LogP contribution in [0.1, 0.15) is 24.0 Å². The van der Waals surface area contributed by atoms with Crippen molar-refractivity contribution in [3.63, 3.8) is 0 Å². The van der Waals surface area contributed by atoms with Crippen molar-refractivity contribution in [2.24, 2.45) is 0 Å². The summed E-state index contributed by atoms with van der Waals surface area (Å²) in [7, 11) is -1.94. The molecule has 1 N–H and O–H groups in total. The van der Waals surface area contributed by atoms with Gasteiger partial charge in [0.05, 0.1) is 18.1 Å². The third-order valence-electron chi connectivity index (χ3n) is 3.51. The van der Waals surface area contributed by atoms with Crippen LogP contribution in [-0.4, -0.2) is 34.8 Å². The number of ether oxygens (including phenoxy) is 2. The van der Waals surface area contributed by atoms with Gasteiger partial charge in [-0.05, 0) is 49.9 Å². The molecule has 20 heavy (non-hydrogen) atoms. The third-order valence-corrected chi connectivity index (χ3v) is 5.07. The Balaban J connectivity index is 2.18. The molecule has 112 valence electrons. The standard InChI is InChI=1S/C14H21NO4S/c1-10-8-14(11(2)7-13(10)18-3)20(16,17)15-9-12-5-4-6-19-12/h7-8,12,15H,4-6,9H2,1-3H3/t12-/m0/s1. The Kier molecular flexibility index (Phi) is 4.67. The van der Waals surface area contributed by atoms with Crippen molar-refractivity contribution in [2.75, 3.05) is 20.3 Å². The van der Waals surface area contributed by atoms with Crippen molar-refractivity contribution >= 4 is 10.0 Å². The number of methoxy groups -OCH3 is 1. The second-order valence-corrected chi connectivity index (χ2v) is 6.81. The van der Waals surface area contributed by atoms with Gasteiger partial charge >= 0.3 is 0 Å². The van der Waals surface area contributed by atoms with Crippen LogP contribution in [0.25, 0.3) is 0 Å². The van der Waals surface area contributed by atoms with Crippen LogP contribution in [0.2, 0.25) is 0 Å². The van der Waals surface area contributed by atoms with Gasteiger partial charge in [0.25, 0.3) is 0 Å². The van der Waals surface area contributed by atoms with E-state index >= 15 is 0 Å². The van der Waals surface area contributed by atoms with Crippen LogP contribution in [-0.2, 0) is 14.8 Å². The molecule has 0 unspecified atom stereocenters. The molecule has 6 heteroatoms. The fourth-order valence-electron chi connectivity index (χ4n) is 2.36. The summed E-state index contributed by atoms with van der Waals surface area (Å²) in [5.41, 5.74) is 1.47. The molecule has 1 atom stereocenters. The lowest BCUT2D eigenvalue weighted by Gasteiger charge is -2.14. The van der Waals surface area contributed by atoms with Gasteiger partial charge in [0, 0.05) is 13.2 Å². The molecule has 0 aromatic heterocycles. The van der Waals surface area contributed by atoms with Crippen LogP contribution < -0.4 is 9.46 Å². The SMILES string of the molecule is COc1cc(C)c(S(=O)(=O)NC[C@@H]2CCCO2)cc1C. The number of sulfonamides is 1. The van der Waals surface area contributed by atoms with Crippen molar-refractivity contribution in [3.05, 3.63) is 23.3 Å². The number of hydrogen-bond acceptors (Lipinski definition) is 4. The molecular weight excluding hydrogens is 278 g/mol. The van der Waals surface area contributed by atoms with Crippen LogP contribution in [0, 0.1) is 13.8 Å². The zero-order valence-corrected chi connectivity index (χ0v) is 12.9. The van der Waals surface area contributed by atoms with Gasteiger partial charge in [-0.3, -0.25) is 0 Å². The Bertz CT molecular complexity index is 577. The predicted molar refractivity (Wildman–Crippen MR) is 76.6 cm³/mol. The summed E-state index contributed by atoms with van der Waals surface area (Å²) in [6.45, 7) is 4.64. The molecule has 0 saturated carbocycles. The molecule has 1 saturated heterocycles. The van der Waals surface area contributed by atoms with Gasteiger partial charge < -0.3 is 9.47 Å². The summed E-state index contributed by atoms with van der Waals surface area (Å²) in [6.07, 6.45) is 1.89. The van der Waals surface area contributed by atoms with E-state index in [9.17, 15) is 8.42 Å². The molecule has 2 rings (SSSR count). The number of nitrogens with one attached hydrogen (secondary N) is 1. The maximum Gasteiger partial charge on any atom is 0.240 e. The smallest absolute Gasteiger partial charge is 0.240 e. The summed E-state index contributed by atoms with van der Waals surface area (Å²) < 4.78 is 38.0. The predicted octanol–water partition coefficient (Wildman–Crippen LogP) is 1.77. The van der Waals surface area contributed by atoms with Gasteiger partial charge in [-0.15, -0.1) is 0 Å². The van der Waals surface area contributed by atoms with Crippen LogP contribution in [0.4, 0.5) is 0 Å². The fourth-order valence-corrected chi connectivity index (χ4v) is 3.73. The van der Waals surface area contributed by atoms with Gasteiger partial charge in [0.1, 0.15) is 5.75 Å². The van der Waals surface area contributed by atoms with Gasteiger partial charge in [-0.25, -0.2) is 13.1 Å². The molecule has 1 aliphatic rings. The average Bonchev–Trinajstić information content (AvgIpc) is 2.92. The molecule has 0 amide bonds. The molecule has 0 spiro atoms. The Morgan fingerprint density at radius 2 is 2.10 bits per heavy atom. The van der Waals surface area contributed by atoms with E-state index in [1.807, 2.05) is 6.92 Å². The first-order chi connectivity index (χ1) is 9.44. The van der Waals surface area contributed by atoms with Crippen molar-refractivity contribution in [1.82, 2.24) is 4.72 Å². The van der Waals surface area contributed by atoms with E-state index in [1.165, 1.54) is 0 Å². The molecule has 1 fully saturated rings. The third kappa shape index (κ3) is 3.31. The Hall–Kier alpha value is -1.11. The van der Waals surface area contributed by atoms with Crippen LogP contribution >= 0.6 is 0 Å². The van der Waals surface area contributed by atoms with Gasteiger partial charge in [0.2, 0.25) is 10.0 Å². The molecule has 1 aromatic carbocycles. The molecule has 1 aromatic rings. The lowest BCUT2D eigenvalue weighted by Crippen LogP contribution is -2.32. The number of rotatable bonds is 5. The number of benzene rings is 1. The van der Waals surface area contributed by atoms with Gasteiger partial charge in [-0.1, -0.05) is 0 Å². The highest BCUT2D eigenvalue weighted by atomic mass is 32.2. The highest BCUT2D eigenvalue weighted by molar-refractivity contribution is 7.89. The first-order valence-corrected chi connectivity index (χ1v) is 8.19.